The maximum absolute atomic E-state index is 5.73. The first-order valence-corrected chi connectivity index (χ1v) is 8.61. The number of nitrogens with zero attached hydrogens (tertiary/aromatic N) is 2. The van der Waals surface area contributed by atoms with Crippen LogP contribution in [-0.4, -0.2) is 15.0 Å². The van der Waals surface area contributed by atoms with Gasteiger partial charge in [0.2, 0.25) is 5.95 Å². The maximum Gasteiger partial charge on any atom is 0.224 e. The minimum Gasteiger partial charge on any atom is -0.384 e. The van der Waals surface area contributed by atoms with Crippen molar-refractivity contribution in [2.45, 2.75) is 20.4 Å². The monoisotopic (exact) mass is 343 g/mol. The van der Waals surface area contributed by atoms with Gasteiger partial charge in [0.05, 0.1) is 5.52 Å². The lowest BCUT2D eigenvalue weighted by Crippen LogP contribution is -2.05. The zero-order chi connectivity index (χ0) is 18.1. The fraction of sp³-hybridized carbons (Fsp3) is 0.143. The Morgan fingerprint density at radius 1 is 1.08 bits per heavy atom. The number of H-pyrrole nitrogens is 1. The van der Waals surface area contributed by atoms with Gasteiger partial charge in [-0.2, -0.15) is 4.98 Å². The zero-order valence-corrected chi connectivity index (χ0v) is 14.9. The van der Waals surface area contributed by atoms with Gasteiger partial charge in [-0.25, -0.2) is 4.98 Å². The van der Waals surface area contributed by atoms with Crippen LogP contribution in [-0.2, 0) is 6.54 Å². The van der Waals surface area contributed by atoms with Gasteiger partial charge in [0, 0.05) is 23.8 Å². The number of nitrogen functional groups attached to an aromatic ring is 1. The third-order valence-electron chi connectivity index (χ3n) is 4.57. The Morgan fingerprint density at radius 2 is 1.88 bits per heavy atom. The fourth-order valence-corrected chi connectivity index (χ4v) is 3.32. The molecule has 0 bridgehead atoms. The quantitative estimate of drug-likeness (QED) is 0.512. The largest absolute Gasteiger partial charge is 0.384 e. The molecule has 0 amide bonds. The highest BCUT2D eigenvalue weighted by atomic mass is 15.1. The van der Waals surface area contributed by atoms with Crippen LogP contribution >= 0.6 is 0 Å². The summed E-state index contributed by atoms with van der Waals surface area (Å²) in [5.41, 5.74) is 12.9. The molecule has 4 rings (SSSR count). The lowest BCUT2D eigenvalue weighted by molar-refractivity contribution is 1.06. The summed E-state index contributed by atoms with van der Waals surface area (Å²) in [6, 6.07) is 16.5. The van der Waals surface area contributed by atoms with Gasteiger partial charge < -0.3 is 16.0 Å². The molecular weight excluding hydrogens is 322 g/mol. The van der Waals surface area contributed by atoms with E-state index in [0.29, 0.717) is 18.3 Å². The highest BCUT2D eigenvalue weighted by molar-refractivity contribution is 5.93. The number of aromatic amines is 1. The van der Waals surface area contributed by atoms with Crippen molar-refractivity contribution < 1.29 is 0 Å². The molecule has 0 saturated heterocycles. The van der Waals surface area contributed by atoms with Crippen molar-refractivity contribution in [3.05, 3.63) is 71.4 Å². The number of aromatic nitrogens is 3. The van der Waals surface area contributed by atoms with Crippen molar-refractivity contribution in [1.82, 2.24) is 15.0 Å². The summed E-state index contributed by atoms with van der Waals surface area (Å²) in [5.74, 6) is 0.991. The summed E-state index contributed by atoms with van der Waals surface area (Å²) in [4.78, 5) is 12.0. The average Bonchev–Trinajstić information content (AvgIpc) is 2.97. The van der Waals surface area contributed by atoms with E-state index in [1.165, 1.54) is 27.6 Å². The van der Waals surface area contributed by atoms with Gasteiger partial charge in [0.25, 0.3) is 0 Å². The van der Waals surface area contributed by atoms with Crippen LogP contribution in [0.15, 0.2) is 54.7 Å². The second kappa shape index (κ2) is 6.52. The van der Waals surface area contributed by atoms with Gasteiger partial charge >= 0.3 is 0 Å². The second-order valence-corrected chi connectivity index (χ2v) is 6.50. The van der Waals surface area contributed by atoms with E-state index in [0.717, 1.165) is 11.2 Å². The van der Waals surface area contributed by atoms with Crippen LogP contribution in [0.25, 0.3) is 22.2 Å². The predicted molar refractivity (Wildman–Crippen MR) is 107 cm³/mol. The Bertz CT molecular complexity index is 1070. The van der Waals surface area contributed by atoms with Crippen molar-refractivity contribution >= 4 is 22.7 Å². The normalized spacial score (nSPS) is 11.0. The van der Waals surface area contributed by atoms with E-state index in [9.17, 15) is 0 Å². The van der Waals surface area contributed by atoms with Crippen molar-refractivity contribution in [2.75, 3.05) is 11.1 Å². The van der Waals surface area contributed by atoms with Gasteiger partial charge in [-0.15, -0.1) is 0 Å². The van der Waals surface area contributed by atoms with Gasteiger partial charge in [-0.05, 0) is 42.7 Å². The number of fused-ring (bicyclic) bond motifs is 1. The minimum absolute atomic E-state index is 0.457. The Kier molecular flexibility index (Phi) is 4.05. The number of hydrogen-bond acceptors (Lipinski definition) is 4. The smallest absolute Gasteiger partial charge is 0.224 e. The first kappa shape index (κ1) is 16.1. The molecule has 4 N–H and O–H groups in total. The Labute approximate surface area is 152 Å². The van der Waals surface area contributed by atoms with Crippen LogP contribution in [0.5, 0.6) is 0 Å². The van der Waals surface area contributed by atoms with E-state index in [1.807, 2.05) is 6.07 Å². The lowest BCUT2D eigenvalue weighted by atomic mass is 10.0. The number of rotatable bonds is 4. The summed E-state index contributed by atoms with van der Waals surface area (Å²) in [6.07, 6.45) is 1.66. The Hall–Kier alpha value is -3.34. The second-order valence-electron chi connectivity index (χ2n) is 6.50. The molecule has 0 aliphatic heterocycles. The van der Waals surface area contributed by atoms with Crippen LogP contribution in [0.3, 0.4) is 0 Å². The van der Waals surface area contributed by atoms with Gasteiger partial charge in [0.15, 0.2) is 0 Å². The summed E-state index contributed by atoms with van der Waals surface area (Å²) >= 11 is 0. The number of hydrogen-bond donors (Lipinski definition) is 3. The molecule has 5 nitrogen and oxygen atoms in total. The number of nitrogens with one attached hydrogen (secondary N) is 2. The number of benzene rings is 2. The minimum atomic E-state index is 0.457. The molecule has 0 aliphatic carbocycles. The number of anilines is 2. The highest BCUT2D eigenvalue weighted by Gasteiger charge is 2.13. The summed E-state index contributed by atoms with van der Waals surface area (Å²) in [5, 5.41) is 4.51. The highest BCUT2D eigenvalue weighted by Crippen LogP contribution is 2.32. The Balaban J connectivity index is 1.75. The van der Waals surface area contributed by atoms with Crippen LogP contribution in [0.1, 0.15) is 16.7 Å². The molecule has 0 unspecified atom stereocenters. The number of aryl methyl sites for hydroxylation is 2. The van der Waals surface area contributed by atoms with Crippen LogP contribution in [0.2, 0.25) is 0 Å². The average molecular weight is 343 g/mol. The standard InChI is InChI=1S/C21H21N5/c1-13-10-16(12-24-21-23-9-8-18(22)25-21)20-17(11-13)14(2)19(26-20)15-6-4-3-5-7-15/h3-11,26H,12H2,1-2H3,(H3,22,23,24,25). The molecular formula is C21H21N5. The van der Waals surface area contributed by atoms with Crippen molar-refractivity contribution in [3.8, 4) is 11.3 Å². The molecule has 0 fully saturated rings. The van der Waals surface area contributed by atoms with Crippen molar-refractivity contribution in [1.29, 1.82) is 0 Å². The molecule has 2 aromatic carbocycles. The van der Waals surface area contributed by atoms with E-state index in [1.54, 1.807) is 12.3 Å². The van der Waals surface area contributed by atoms with Crippen LogP contribution in [0, 0.1) is 13.8 Å². The molecule has 0 radical (unpaired) electrons. The third-order valence-corrected chi connectivity index (χ3v) is 4.57. The first-order chi connectivity index (χ1) is 12.6. The summed E-state index contributed by atoms with van der Waals surface area (Å²) < 4.78 is 0. The van der Waals surface area contributed by atoms with E-state index in [4.69, 9.17) is 5.73 Å². The first-order valence-electron chi connectivity index (χ1n) is 8.61. The van der Waals surface area contributed by atoms with E-state index in [2.05, 4.69) is 70.5 Å². The fourth-order valence-electron chi connectivity index (χ4n) is 3.32. The molecule has 130 valence electrons. The predicted octanol–water partition coefficient (Wildman–Crippen LogP) is 4.44. The van der Waals surface area contributed by atoms with Crippen LogP contribution in [0.4, 0.5) is 11.8 Å². The third kappa shape index (κ3) is 2.99. The lowest BCUT2D eigenvalue weighted by Gasteiger charge is -2.08. The van der Waals surface area contributed by atoms with Gasteiger partial charge in [0.1, 0.15) is 5.82 Å². The molecule has 0 spiro atoms. The molecule has 26 heavy (non-hydrogen) atoms. The zero-order valence-electron chi connectivity index (χ0n) is 14.9. The van der Waals surface area contributed by atoms with Gasteiger partial charge in [-0.1, -0.05) is 42.0 Å². The summed E-state index contributed by atoms with van der Waals surface area (Å²) in [6.45, 7) is 4.91. The number of nitrogens with two attached hydrogens (primary N) is 1. The summed E-state index contributed by atoms with van der Waals surface area (Å²) in [7, 11) is 0. The topological polar surface area (TPSA) is 79.6 Å². The Morgan fingerprint density at radius 3 is 2.65 bits per heavy atom. The maximum atomic E-state index is 5.73. The van der Waals surface area contributed by atoms with Crippen LogP contribution < -0.4 is 11.1 Å². The molecule has 0 saturated carbocycles. The van der Waals surface area contributed by atoms with E-state index < -0.39 is 0 Å². The van der Waals surface area contributed by atoms with Gasteiger partial charge in [-0.3, -0.25) is 0 Å². The van der Waals surface area contributed by atoms with Crippen molar-refractivity contribution in [2.24, 2.45) is 0 Å². The van der Waals surface area contributed by atoms with E-state index >= 15 is 0 Å². The van der Waals surface area contributed by atoms with E-state index in [-0.39, 0.29) is 0 Å². The SMILES string of the molecule is Cc1cc(CNc2nccc(N)n2)c2[nH]c(-c3ccccc3)c(C)c2c1. The van der Waals surface area contributed by atoms with Crippen molar-refractivity contribution in [3.63, 3.8) is 0 Å². The molecule has 2 aromatic heterocycles. The molecule has 5 heteroatoms. The molecule has 2 heterocycles. The molecule has 0 aliphatic rings. The molecule has 0 atom stereocenters. The molecule has 4 aromatic rings.